The normalized spacial score (nSPS) is 27.0. The predicted octanol–water partition coefficient (Wildman–Crippen LogP) is 0.920. The molecule has 0 spiro atoms. The quantitative estimate of drug-likeness (QED) is 0.739. The Morgan fingerprint density at radius 3 is 2.89 bits per heavy atom. The fourth-order valence-electron chi connectivity index (χ4n) is 3.88. The highest BCUT2D eigenvalue weighted by Crippen LogP contribution is 2.24. The van der Waals surface area contributed by atoms with Crippen molar-refractivity contribution in [2.75, 3.05) is 31.2 Å². The van der Waals surface area contributed by atoms with E-state index in [0.717, 1.165) is 30.7 Å². The third-order valence-electron chi connectivity index (χ3n) is 5.48. The second kappa shape index (κ2) is 8.67. The molecule has 2 fully saturated rings. The molecular formula is C19H29N3O4S. The highest BCUT2D eigenvalue weighted by atomic mass is 32.2. The van der Waals surface area contributed by atoms with Gasteiger partial charge in [0.25, 0.3) is 0 Å². The number of rotatable bonds is 7. The van der Waals surface area contributed by atoms with E-state index >= 15 is 0 Å². The minimum Gasteiger partial charge on any atom is -0.376 e. The van der Waals surface area contributed by atoms with E-state index in [2.05, 4.69) is 10.3 Å². The Labute approximate surface area is 161 Å². The topological polar surface area (TPSA) is 88.6 Å². The molecule has 0 saturated carbocycles. The van der Waals surface area contributed by atoms with Crippen LogP contribution in [0.1, 0.15) is 31.0 Å². The summed E-state index contributed by atoms with van der Waals surface area (Å²) < 4.78 is 30.1. The third-order valence-corrected chi connectivity index (χ3v) is 7.22. The summed E-state index contributed by atoms with van der Waals surface area (Å²) >= 11 is 0. The van der Waals surface area contributed by atoms with E-state index in [9.17, 15) is 13.2 Å². The van der Waals surface area contributed by atoms with Crippen LogP contribution in [-0.4, -0.2) is 67.6 Å². The Morgan fingerprint density at radius 2 is 2.22 bits per heavy atom. The average Bonchev–Trinajstić information content (AvgIpc) is 3.25. The van der Waals surface area contributed by atoms with Crippen LogP contribution < -0.4 is 5.32 Å². The van der Waals surface area contributed by atoms with Gasteiger partial charge in [-0.05, 0) is 38.3 Å². The first-order valence-electron chi connectivity index (χ1n) is 9.64. The molecule has 3 rings (SSSR count). The number of amides is 1. The van der Waals surface area contributed by atoms with Crippen LogP contribution in [0.4, 0.5) is 0 Å². The Morgan fingerprint density at radius 1 is 1.41 bits per heavy atom. The number of likely N-dealkylation sites (N-methyl/N-ethyl adjacent to an activating group) is 1. The summed E-state index contributed by atoms with van der Waals surface area (Å²) in [5, 5.41) is 3.30. The van der Waals surface area contributed by atoms with Crippen molar-refractivity contribution in [2.24, 2.45) is 5.92 Å². The number of carbonyl (C=O) groups excluding carboxylic acids is 1. The van der Waals surface area contributed by atoms with Gasteiger partial charge in [-0.3, -0.25) is 9.78 Å². The van der Waals surface area contributed by atoms with Crippen LogP contribution >= 0.6 is 0 Å². The van der Waals surface area contributed by atoms with Gasteiger partial charge in [0.15, 0.2) is 9.84 Å². The second-order valence-corrected chi connectivity index (χ2v) is 9.58. The predicted molar refractivity (Wildman–Crippen MR) is 103 cm³/mol. The maximum atomic E-state index is 13.1. The summed E-state index contributed by atoms with van der Waals surface area (Å²) in [4.78, 5) is 19.1. The molecule has 150 valence electrons. The standard InChI is InChI=1S/C19H29N3O4S/c1-3-22(11-16-7-5-9-26-16)19(23)17-12-27(24,25)13-18(17)21-10-15-6-4-8-20-14(15)2/h4,6,8,16-18,21H,3,5,7,9-13H2,1-2H3/t16?,17-,18-/m1/s1. The van der Waals surface area contributed by atoms with Gasteiger partial charge in [0.05, 0.1) is 23.5 Å². The second-order valence-electron chi connectivity index (χ2n) is 7.43. The monoisotopic (exact) mass is 395 g/mol. The van der Waals surface area contributed by atoms with E-state index in [0.29, 0.717) is 19.6 Å². The van der Waals surface area contributed by atoms with Crippen molar-refractivity contribution < 1.29 is 17.9 Å². The summed E-state index contributed by atoms with van der Waals surface area (Å²) in [5.41, 5.74) is 1.92. The number of aryl methyl sites for hydroxylation is 1. The highest BCUT2D eigenvalue weighted by molar-refractivity contribution is 7.91. The van der Waals surface area contributed by atoms with Crippen molar-refractivity contribution >= 4 is 15.7 Å². The van der Waals surface area contributed by atoms with Crippen LogP contribution in [0, 0.1) is 12.8 Å². The Bertz CT molecular complexity index is 762. The average molecular weight is 396 g/mol. The van der Waals surface area contributed by atoms with Gasteiger partial charge in [-0.25, -0.2) is 8.42 Å². The molecule has 1 amide bonds. The van der Waals surface area contributed by atoms with E-state index in [1.807, 2.05) is 26.0 Å². The Hall–Kier alpha value is -1.51. The third kappa shape index (κ3) is 5.06. The van der Waals surface area contributed by atoms with E-state index < -0.39 is 15.8 Å². The van der Waals surface area contributed by atoms with Gasteiger partial charge in [0.2, 0.25) is 5.91 Å². The number of nitrogens with zero attached hydrogens (tertiary/aromatic N) is 2. The zero-order valence-electron chi connectivity index (χ0n) is 16.1. The molecule has 27 heavy (non-hydrogen) atoms. The Balaban J connectivity index is 1.68. The molecular weight excluding hydrogens is 366 g/mol. The number of ether oxygens (including phenoxy) is 1. The fourth-order valence-corrected chi connectivity index (χ4v) is 5.84. The van der Waals surface area contributed by atoms with Gasteiger partial charge in [-0.1, -0.05) is 6.07 Å². The molecule has 2 aliphatic heterocycles. The number of hydrogen-bond acceptors (Lipinski definition) is 6. The van der Waals surface area contributed by atoms with Crippen LogP contribution in [0.3, 0.4) is 0 Å². The first kappa shape index (κ1) is 20.2. The lowest BCUT2D eigenvalue weighted by Gasteiger charge is -2.29. The molecule has 0 bridgehead atoms. The number of sulfone groups is 1. The molecule has 3 heterocycles. The molecule has 1 N–H and O–H groups in total. The summed E-state index contributed by atoms with van der Waals surface area (Å²) in [6.45, 7) is 6.19. The van der Waals surface area contributed by atoms with E-state index in [4.69, 9.17) is 4.74 Å². The molecule has 2 saturated heterocycles. The van der Waals surface area contributed by atoms with Gasteiger partial charge >= 0.3 is 0 Å². The smallest absolute Gasteiger partial charge is 0.228 e. The number of carbonyl (C=O) groups is 1. The van der Waals surface area contributed by atoms with Crippen molar-refractivity contribution in [1.29, 1.82) is 0 Å². The van der Waals surface area contributed by atoms with Crippen LogP contribution in [0.5, 0.6) is 0 Å². The van der Waals surface area contributed by atoms with E-state index in [1.54, 1.807) is 11.1 Å². The van der Waals surface area contributed by atoms with Gasteiger partial charge in [0.1, 0.15) is 0 Å². The zero-order valence-corrected chi connectivity index (χ0v) is 16.9. The van der Waals surface area contributed by atoms with Gasteiger partial charge < -0.3 is 15.0 Å². The van der Waals surface area contributed by atoms with Crippen molar-refractivity contribution in [2.45, 2.75) is 45.4 Å². The number of hydrogen-bond donors (Lipinski definition) is 1. The maximum Gasteiger partial charge on any atom is 0.228 e. The SMILES string of the molecule is CCN(CC1CCCO1)C(=O)[C@@H]1CS(=O)(=O)C[C@H]1NCc1cccnc1C. The minimum absolute atomic E-state index is 0.000198. The molecule has 1 aromatic rings. The molecule has 1 aromatic heterocycles. The van der Waals surface area contributed by atoms with E-state index in [-0.39, 0.29) is 29.6 Å². The molecule has 0 aliphatic carbocycles. The van der Waals surface area contributed by atoms with Crippen LogP contribution in [-0.2, 0) is 25.9 Å². The van der Waals surface area contributed by atoms with Crippen LogP contribution in [0.25, 0.3) is 0 Å². The molecule has 8 heteroatoms. The van der Waals surface area contributed by atoms with Gasteiger partial charge in [0, 0.05) is 44.2 Å². The lowest BCUT2D eigenvalue weighted by molar-refractivity contribution is -0.136. The number of aromatic nitrogens is 1. The molecule has 2 aliphatic rings. The molecule has 0 aromatic carbocycles. The van der Waals surface area contributed by atoms with Crippen molar-refractivity contribution in [3.63, 3.8) is 0 Å². The Kier molecular flexibility index (Phi) is 6.49. The first-order chi connectivity index (χ1) is 12.9. The zero-order chi connectivity index (χ0) is 19.4. The molecule has 0 radical (unpaired) electrons. The fraction of sp³-hybridized carbons (Fsp3) is 0.684. The first-order valence-corrected chi connectivity index (χ1v) is 11.5. The van der Waals surface area contributed by atoms with Crippen molar-refractivity contribution in [3.05, 3.63) is 29.6 Å². The number of pyridine rings is 1. The highest BCUT2D eigenvalue weighted by Gasteiger charge is 2.43. The summed E-state index contributed by atoms with van der Waals surface area (Å²) in [5.74, 6) is -0.722. The molecule has 7 nitrogen and oxygen atoms in total. The van der Waals surface area contributed by atoms with Crippen molar-refractivity contribution in [3.8, 4) is 0 Å². The maximum absolute atomic E-state index is 13.1. The van der Waals surface area contributed by atoms with Crippen LogP contribution in [0.15, 0.2) is 18.3 Å². The van der Waals surface area contributed by atoms with Gasteiger partial charge in [-0.2, -0.15) is 0 Å². The minimum atomic E-state index is -3.23. The summed E-state index contributed by atoms with van der Waals surface area (Å²) in [7, 11) is -3.23. The summed E-state index contributed by atoms with van der Waals surface area (Å²) in [6.07, 6.45) is 3.77. The lowest BCUT2D eigenvalue weighted by Crippen LogP contribution is -2.47. The number of nitrogens with one attached hydrogen (secondary N) is 1. The van der Waals surface area contributed by atoms with Crippen molar-refractivity contribution in [1.82, 2.24) is 15.2 Å². The molecule has 1 unspecified atom stereocenters. The van der Waals surface area contributed by atoms with E-state index in [1.165, 1.54) is 0 Å². The molecule has 3 atom stereocenters. The lowest BCUT2D eigenvalue weighted by atomic mass is 10.0. The largest absolute Gasteiger partial charge is 0.376 e. The van der Waals surface area contributed by atoms with Crippen LogP contribution in [0.2, 0.25) is 0 Å². The van der Waals surface area contributed by atoms with Gasteiger partial charge in [-0.15, -0.1) is 0 Å². The summed E-state index contributed by atoms with van der Waals surface area (Å²) in [6, 6.07) is 3.45.